The molecule has 0 radical (unpaired) electrons. The zero-order valence-corrected chi connectivity index (χ0v) is 17.2. The number of hydrogen-bond acceptors (Lipinski definition) is 5. The van der Waals surface area contributed by atoms with E-state index in [4.69, 9.17) is 4.74 Å². The van der Waals surface area contributed by atoms with Gasteiger partial charge in [0.05, 0.1) is 12.2 Å². The van der Waals surface area contributed by atoms with Crippen LogP contribution in [0.1, 0.15) is 32.1 Å². The van der Waals surface area contributed by atoms with E-state index in [1.165, 1.54) is 16.8 Å². The zero-order chi connectivity index (χ0) is 21.5. The zero-order valence-electron chi connectivity index (χ0n) is 17.2. The molecule has 1 spiro atoms. The van der Waals surface area contributed by atoms with Gasteiger partial charge in [-0.25, -0.2) is 4.79 Å². The van der Waals surface area contributed by atoms with E-state index in [1.54, 1.807) is 31.3 Å². The molecule has 0 aromatic heterocycles. The van der Waals surface area contributed by atoms with Gasteiger partial charge in [-0.3, -0.25) is 19.3 Å². The summed E-state index contributed by atoms with van der Waals surface area (Å²) < 4.78 is 5.72. The first-order valence-electron chi connectivity index (χ1n) is 10.3. The predicted octanol–water partition coefficient (Wildman–Crippen LogP) is 1.12. The molecule has 160 valence electrons. The molecule has 2 heterocycles. The van der Waals surface area contributed by atoms with Crippen molar-refractivity contribution in [3.63, 3.8) is 0 Å². The second kappa shape index (κ2) is 7.62. The quantitative estimate of drug-likeness (QED) is 0.748. The minimum absolute atomic E-state index is 0.00667. The maximum Gasteiger partial charge on any atom is 0.327 e. The fraction of sp³-hybridized carbons (Fsp3) is 0.524. The van der Waals surface area contributed by atoms with Crippen molar-refractivity contribution < 1.29 is 23.9 Å². The molecule has 2 fully saturated rings. The van der Waals surface area contributed by atoms with E-state index in [0.29, 0.717) is 24.3 Å². The third kappa shape index (κ3) is 3.09. The molecule has 1 aromatic carbocycles. The van der Waals surface area contributed by atoms with Crippen LogP contribution in [0.3, 0.4) is 0 Å². The third-order valence-electron chi connectivity index (χ3n) is 6.39. The Balaban J connectivity index is 1.58. The van der Waals surface area contributed by atoms with Gasteiger partial charge >= 0.3 is 6.03 Å². The molecule has 0 bridgehead atoms. The molecule has 4 rings (SSSR count). The van der Waals surface area contributed by atoms with Gasteiger partial charge in [-0.05, 0) is 25.0 Å². The van der Waals surface area contributed by atoms with Crippen LogP contribution in [0.15, 0.2) is 24.3 Å². The first-order valence-corrected chi connectivity index (χ1v) is 10.3. The SMILES string of the molecule is CNC(=O)C1CN(C(=O)CN2C(=O)N(C)C3(CCCCC3)C2=O)c2ccccc2O1. The highest BCUT2D eigenvalue weighted by Crippen LogP contribution is 2.40. The van der Waals surface area contributed by atoms with Crippen LogP contribution in [0.25, 0.3) is 0 Å². The van der Waals surface area contributed by atoms with E-state index in [2.05, 4.69) is 5.32 Å². The van der Waals surface area contributed by atoms with Crippen molar-refractivity contribution in [2.24, 2.45) is 0 Å². The Morgan fingerprint density at radius 2 is 1.87 bits per heavy atom. The van der Waals surface area contributed by atoms with Crippen molar-refractivity contribution in [2.45, 2.75) is 43.7 Å². The van der Waals surface area contributed by atoms with Crippen LogP contribution >= 0.6 is 0 Å². The number of rotatable bonds is 3. The number of likely N-dealkylation sites (N-methyl/N-ethyl adjacent to an activating group) is 2. The van der Waals surface area contributed by atoms with Crippen LogP contribution in [-0.2, 0) is 14.4 Å². The van der Waals surface area contributed by atoms with Gasteiger partial charge in [0.15, 0.2) is 6.10 Å². The largest absolute Gasteiger partial charge is 0.477 e. The number of nitrogens with one attached hydrogen (secondary N) is 1. The number of urea groups is 1. The third-order valence-corrected chi connectivity index (χ3v) is 6.39. The van der Waals surface area contributed by atoms with E-state index in [-0.39, 0.29) is 24.9 Å². The van der Waals surface area contributed by atoms with E-state index in [1.807, 2.05) is 0 Å². The Bertz CT molecular complexity index is 895. The topological polar surface area (TPSA) is 99.3 Å². The molecule has 1 aromatic rings. The second-order valence-electron chi connectivity index (χ2n) is 8.02. The molecule has 1 atom stereocenters. The number of anilines is 1. The highest BCUT2D eigenvalue weighted by atomic mass is 16.5. The van der Waals surface area contributed by atoms with E-state index in [0.717, 1.165) is 24.2 Å². The van der Waals surface area contributed by atoms with Gasteiger partial charge in [0, 0.05) is 14.1 Å². The van der Waals surface area contributed by atoms with Gasteiger partial charge in [-0.1, -0.05) is 31.4 Å². The maximum absolute atomic E-state index is 13.2. The molecule has 2 aliphatic heterocycles. The van der Waals surface area contributed by atoms with Crippen molar-refractivity contribution in [1.82, 2.24) is 15.1 Å². The fourth-order valence-electron chi connectivity index (χ4n) is 4.66. The minimum atomic E-state index is -0.869. The van der Waals surface area contributed by atoms with Crippen LogP contribution < -0.4 is 15.0 Å². The lowest BCUT2D eigenvalue weighted by atomic mass is 9.81. The Morgan fingerprint density at radius 1 is 1.17 bits per heavy atom. The van der Waals surface area contributed by atoms with Crippen LogP contribution in [0.5, 0.6) is 5.75 Å². The Kier molecular flexibility index (Phi) is 5.13. The Labute approximate surface area is 174 Å². The van der Waals surface area contributed by atoms with Gasteiger partial charge in [-0.2, -0.15) is 0 Å². The molecule has 1 unspecified atom stereocenters. The molecule has 1 saturated carbocycles. The maximum atomic E-state index is 13.2. The summed E-state index contributed by atoms with van der Waals surface area (Å²) in [5.74, 6) is -0.669. The fourth-order valence-corrected chi connectivity index (χ4v) is 4.66. The summed E-state index contributed by atoms with van der Waals surface area (Å²) in [5.41, 5.74) is -0.314. The molecular weight excluding hydrogens is 388 g/mol. The summed E-state index contributed by atoms with van der Waals surface area (Å²) in [6.07, 6.45) is 3.19. The number of hydrogen-bond donors (Lipinski definition) is 1. The van der Waals surface area contributed by atoms with Gasteiger partial charge in [-0.15, -0.1) is 0 Å². The number of fused-ring (bicyclic) bond motifs is 1. The van der Waals surface area contributed by atoms with Crippen molar-refractivity contribution >= 4 is 29.4 Å². The summed E-state index contributed by atoms with van der Waals surface area (Å²) >= 11 is 0. The monoisotopic (exact) mass is 414 g/mol. The van der Waals surface area contributed by atoms with Crippen molar-refractivity contribution in [2.75, 3.05) is 32.1 Å². The molecule has 1 N–H and O–H groups in total. The molecule has 9 heteroatoms. The molecule has 30 heavy (non-hydrogen) atoms. The van der Waals surface area contributed by atoms with E-state index < -0.39 is 23.6 Å². The Hall–Kier alpha value is -3.10. The second-order valence-corrected chi connectivity index (χ2v) is 8.02. The van der Waals surface area contributed by atoms with Crippen LogP contribution in [0.4, 0.5) is 10.5 Å². The lowest BCUT2D eigenvalue weighted by Gasteiger charge is -2.36. The number of benzene rings is 1. The number of ether oxygens (including phenoxy) is 1. The first-order chi connectivity index (χ1) is 14.4. The lowest BCUT2D eigenvalue weighted by Crippen LogP contribution is -2.53. The first kappa shape index (κ1) is 20.2. The van der Waals surface area contributed by atoms with Crippen LogP contribution in [-0.4, -0.2) is 72.4 Å². The summed E-state index contributed by atoms with van der Waals surface area (Å²) in [6, 6.07) is 6.47. The molecule has 1 aliphatic carbocycles. The summed E-state index contributed by atoms with van der Waals surface area (Å²) in [6.45, 7) is -0.356. The van der Waals surface area contributed by atoms with Gasteiger partial charge < -0.3 is 19.9 Å². The number of para-hydroxylation sites is 2. The average molecular weight is 414 g/mol. The highest BCUT2D eigenvalue weighted by molar-refractivity contribution is 6.10. The highest BCUT2D eigenvalue weighted by Gasteiger charge is 2.56. The molecule has 5 amide bonds. The van der Waals surface area contributed by atoms with E-state index in [9.17, 15) is 19.2 Å². The summed E-state index contributed by atoms with van der Waals surface area (Å²) in [5, 5.41) is 2.53. The molecule has 3 aliphatic rings. The number of carbonyl (C=O) groups is 4. The standard InChI is InChI=1S/C21H26N4O5/c1-22-18(27)16-12-24(14-8-4-5-9-15(14)30-16)17(26)13-25-19(28)21(23(2)20(25)29)10-6-3-7-11-21/h4-5,8-9,16H,3,6-7,10-13H2,1-2H3,(H,22,27). The van der Waals surface area contributed by atoms with Gasteiger partial charge in [0.25, 0.3) is 11.8 Å². The molecule has 1 saturated heterocycles. The van der Waals surface area contributed by atoms with Crippen LogP contribution in [0, 0.1) is 0 Å². The van der Waals surface area contributed by atoms with Crippen molar-refractivity contribution in [3.05, 3.63) is 24.3 Å². The Morgan fingerprint density at radius 3 is 2.57 bits per heavy atom. The lowest BCUT2D eigenvalue weighted by molar-refractivity contribution is -0.137. The average Bonchev–Trinajstić information content (AvgIpc) is 2.94. The van der Waals surface area contributed by atoms with E-state index >= 15 is 0 Å². The predicted molar refractivity (Wildman–Crippen MR) is 108 cm³/mol. The van der Waals surface area contributed by atoms with Crippen LogP contribution in [0.2, 0.25) is 0 Å². The smallest absolute Gasteiger partial charge is 0.327 e. The number of imide groups is 1. The number of amides is 5. The van der Waals surface area contributed by atoms with Crippen molar-refractivity contribution in [1.29, 1.82) is 0 Å². The number of carbonyl (C=O) groups excluding carboxylic acids is 4. The number of nitrogens with zero attached hydrogens (tertiary/aromatic N) is 3. The molecular formula is C21H26N4O5. The van der Waals surface area contributed by atoms with Gasteiger partial charge in [0.2, 0.25) is 5.91 Å². The van der Waals surface area contributed by atoms with Crippen molar-refractivity contribution in [3.8, 4) is 5.75 Å². The minimum Gasteiger partial charge on any atom is -0.477 e. The summed E-state index contributed by atoms with van der Waals surface area (Å²) in [4.78, 5) is 55.4. The summed E-state index contributed by atoms with van der Waals surface area (Å²) in [7, 11) is 3.14. The normalized spacial score (nSPS) is 22.7. The molecule has 9 nitrogen and oxygen atoms in total. The van der Waals surface area contributed by atoms with Gasteiger partial charge in [0.1, 0.15) is 17.8 Å².